The molecular weight excluding hydrogens is 338 g/mol. The summed E-state index contributed by atoms with van der Waals surface area (Å²) >= 11 is 0. The molecule has 0 saturated heterocycles. The van der Waals surface area contributed by atoms with E-state index >= 15 is 0 Å². The van der Waals surface area contributed by atoms with Crippen LogP contribution in [-0.4, -0.2) is 25.8 Å². The zero-order chi connectivity index (χ0) is 18.8. The average molecular weight is 355 g/mol. The zero-order valence-corrected chi connectivity index (χ0v) is 14.5. The standard InChI is InChI=1S/C17H17N5O4/c1-4-14-16(11(3)26-20-14)17(23)18-15-9-10(2)19-21(15)12-5-7-13(8-6-12)22(24)25/h5-9H,4H2,1-3H3,(H,18,23). The Morgan fingerprint density at radius 2 is 2.00 bits per heavy atom. The first kappa shape index (κ1) is 17.3. The molecule has 26 heavy (non-hydrogen) atoms. The Bertz CT molecular complexity index is 972. The molecule has 9 nitrogen and oxygen atoms in total. The molecule has 1 aromatic carbocycles. The van der Waals surface area contributed by atoms with Gasteiger partial charge in [0, 0.05) is 18.2 Å². The van der Waals surface area contributed by atoms with E-state index in [9.17, 15) is 14.9 Å². The maximum Gasteiger partial charge on any atom is 0.269 e. The minimum absolute atomic E-state index is 0.0177. The lowest BCUT2D eigenvalue weighted by Crippen LogP contribution is -2.17. The molecule has 0 fully saturated rings. The lowest BCUT2D eigenvalue weighted by molar-refractivity contribution is -0.384. The molecular formula is C17H17N5O4. The van der Waals surface area contributed by atoms with Crippen molar-refractivity contribution in [1.82, 2.24) is 14.9 Å². The van der Waals surface area contributed by atoms with Gasteiger partial charge in [0.2, 0.25) is 0 Å². The highest BCUT2D eigenvalue weighted by Crippen LogP contribution is 2.22. The molecule has 3 aromatic rings. The van der Waals surface area contributed by atoms with Crippen molar-refractivity contribution in [2.45, 2.75) is 27.2 Å². The van der Waals surface area contributed by atoms with E-state index in [0.717, 1.165) is 0 Å². The predicted octanol–water partition coefficient (Wildman–Crippen LogP) is 3.20. The van der Waals surface area contributed by atoms with Gasteiger partial charge in [0.15, 0.2) is 0 Å². The van der Waals surface area contributed by atoms with Crippen molar-refractivity contribution in [3.8, 4) is 5.69 Å². The van der Waals surface area contributed by atoms with E-state index in [4.69, 9.17) is 4.52 Å². The summed E-state index contributed by atoms with van der Waals surface area (Å²) < 4.78 is 6.62. The van der Waals surface area contributed by atoms with Gasteiger partial charge in [-0.15, -0.1) is 0 Å². The number of anilines is 1. The van der Waals surface area contributed by atoms with E-state index in [1.54, 1.807) is 32.0 Å². The van der Waals surface area contributed by atoms with Crippen LogP contribution in [0, 0.1) is 24.0 Å². The molecule has 0 unspecified atom stereocenters. The fraction of sp³-hybridized carbons (Fsp3) is 0.235. The third-order valence-electron chi connectivity index (χ3n) is 3.87. The van der Waals surface area contributed by atoms with Crippen LogP contribution < -0.4 is 5.32 Å². The third kappa shape index (κ3) is 3.18. The first-order valence-electron chi connectivity index (χ1n) is 7.98. The molecule has 134 valence electrons. The van der Waals surface area contributed by atoms with E-state index in [0.29, 0.717) is 40.6 Å². The zero-order valence-electron chi connectivity index (χ0n) is 14.5. The Morgan fingerprint density at radius 1 is 1.31 bits per heavy atom. The van der Waals surface area contributed by atoms with Crippen LogP contribution in [0.25, 0.3) is 5.69 Å². The first-order chi connectivity index (χ1) is 12.4. The van der Waals surface area contributed by atoms with E-state index in [-0.39, 0.29) is 11.6 Å². The number of hydrogen-bond donors (Lipinski definition) is 1. The number of amides is 1. The lowest BCUT2D eigenvalue weighted by atomic mass is 10.1. The molecule has 0 saturated carbocycles. The van der Waals surface area contributed by atoms with Crippen molar-refractivity contribution in [1.29, 1.82) is 0 Å². The SMILES string of the molecule is CCc1noc(C)c1C(=O)Nc1cc(C)nn1-c1ccc([N+](=O)[O-])cc1. The molecule has 0 aliphatic rings. The number of nitrogens with zero attached hydrogens (tertiary/aromatic N) is 4. The number of nitro benzene ring substituents is 1. The van der Waals surface area contributed by atoms with Gasteiger partial charge in [-0.3, -0.25) is 14.9 Å². The summed E-state index contributed by atoms with van der Waals surface area (Å²) in [7, 11) is 0. The van der Waals surface area contributed by atoms with Crippen LogP contribution in [0.15, 0.2) is 34.9 Å². The number of hydrogen-bond acceptors (Lipinski definition) is 6. The molecule has 1 amide bonds. The molecule has 9 heteroatoms. The Labute approximate surface area is 148 Å². The van der Waals surface area contributed by atoms with Crippen LogP contribution in [0.1, 0.15) is 34.4 Å². The second-order valence-corrected chi connectivity index (χ2v) is 5.72. The maximum absolute atomic E-state index is 12.7. The fourth-order valence-corrected chi connectivity index (χ4v) is 2.63. The van der Waals surface area contributed by atoms with Gasteiger partial charge in [-0.2, -0.15) is 5.10 Å². The van der Waals surface area contributed by atoms with Gasteiger partial charge in [-0.05, 0) is 32.4 Å². The van der Waals surface area contributed by atoms with Crippen LogP contribution in [0.4, 0.5) is 11.5 Å². The third-order valence-corrected chi connectivity index (χ3v) is 3.87. The molecule has 0 aliphatic carbocycles. The van der Waals surface area contributed by atoms with Gasteiger partial charge in [-0.25, -0.2) is 4.68 Å². The van der Waals surface area contributed by atoms with Crippen LogP contribution in [0.2, 0.25) is 0 Å². The molecule has 1 N–H and O–H groups in total. The van der Waals surface area contributed by atoms with Crippen LogP contribution in [0.5, 0.6) is 0 Å². The van der Waals surface area contributed by atoms with Gasteiger partial charge in [0.1, 0.15) is 17.1 Å². The van der Waals surface area contributed by atoms with Crippen molar-refractivity contribution in [3.63, 3.8) is 0 Å². The highest BCUT2D eigenvalue weighted by atomic mass is 16.6. The monoisotopic (exact) mass is 355 g/mol. The summed E-state index contributed by atoms with van der Waals surface area (Å²) in [4.78, 5) is 23.0. The summed E-state index contributed by atoms with van der Waals surface area (Å²) in [5.74, 6) is 0.546. The Morgan fingerprint density at radius 3 is 2.62 bits per heavy atom. The number of carbonyl (C=O) groups excluding carboxylic acids is 1. The number of aryl methyl sites for hydroxylation is 3. The highest BCUT2D eigenvalue weighted by molar-refractivity contribution is 6.05. The molecule has 0 atom stereocenters. The molecule has 2 aromatic heterocycles. The molecule has 0 aliphatic heterocycles. The van der Waals surface area contributed by atoms with E-state index < -0.39 is 4.92 Å². The second-order valence-electron chi connectivity index (χ2n) is 5.72. The molecule has 3 rings (SSSR count). The number of rotatable bonds is 5. The lowest BCUT2D eigenvalue weighted by Gasteiger charge is -2.09. The van der Waals surface area contributed by atoms with Gasteiger partial charge >= 0.3 is 0 Å². The highest BCUT2D eigenvalue weighted by Gasteiger charge is 2.21. The number of nitro groups is 1. The molecule has 0 spiro atoms. The quantitative estimate of drug-likeness (QED) is 0.555. The number of benzene rings is 1. The summed E-state index contributed by atoms with van der Waals surface area (Å²) in [6.07, 6.45) is 0.570. The number of non-ortho nitro benzene ring substituents is 1. The van der Waals surface area contributed by atoms with Crippen LogP contribution in [0.3, 0.4) is 0 Å². The van der Waals surface area contributed by atoms with E-state index in [1.807, 2.05) is 6.92 Å². The van der Waals surface area contributed by atoms with E-state index in [1.165, 1.54) is 16.8 Å². The number of nitrogens with one attached hydrogen (secondary N) is 1. The van der Waals surface area contributed by atoms with Crippen molar-refractivity contribution in [2.24, 2.45) is 0 Å². The van der Waals surface area contributed by atoms with Gasteiger partial charge < -0.3 is 9.84 Å². The number of aromatic nitrogens is 3. The first-order valence-corrected chi connectivity index (χ1v) is 7.98. The van der Waals surface area contributed by atoms with Crippen molar-refractivity contribution < 1.29 is 14.2 Å². The fourth-order valence-electron chi connectivity index (χ4n) is 2.63. The minimum Gasteiger partial charge on any atom is -0.361 e. The summed E-state index contributed by atoms with van der Waals surface area (Å²) in [6.45, 7) is 5.36. The van der Waals surface area contributed by atoms with Crippen LogP contribution >= 0.6 is 0 Å². The van der Waals surface area contributed by atoms with Gasteiger partial charge in [-0.1, -0.05) is 12.1 Å². The largest absolute Gasteiger partial charge is 0.361 e. The van der Waals surface area contributed by atoms with E-state index in [2.05, 4.69) is 15.6 Å². The van der Waals surface area contributed by atoms with Crippen molar-refractivity contribution in [3.05, 3.63) is 63.2 Å². The predicted molar refractivity (Wildman–Crippen MR) is 93.5 cm³/mol. The smallest absolute Gasteiger partial charge is 0.269 e. The number of carbonyl (C=O) groups is 1. The maximum atomic E-state index is 12.7. The minimum atomic E-state index is -0.470. The Balaban J connectivity index is 1.93. The van der Waals surface area contributed by atoms with Crippen LogP contribution in [-0.2, 0) is 6.42 Å². The van der Waals surface area contributed by atoms with Gasteiger partial charge in [0.05, 0.1) is 22.0 Å². The van der Waals surface area contributed by atoms with Gasteiger partial charge in [0.25, 0.3) is 11.6 Å². The topological polar surface area (TPSA) is 116 Å². The normalized spacial score (nSPS) is 10.7. The summed E-state index contributed by atoms with van der Waals surface area (Å²) in [6, 6.07) is 7.63. The van der Waals surface area contributed by atoms with Crippen molar-refractivity contribution >= 4 is 17.4 Å². The average Bonchev–Trinajstić information content (AvgIpc) is 3.17. The molecule has 2 heterocycles. The molecule has 0 bridgehead atoms. The molecule has 0 radical (unpaired) electrons. The Hall–Kier alpha value is -3.49. The Kier molecular flexibility index (Phi) is 4.53. The summed E-state index contributed by atoms with van der Waals surface area (Å²) in [5.41, 5.74) is 2.25. The second kappa shape index (κ2) is 6.79. The van der Waals surface area contributed by atoms with Crippen molar-refractivity contribution in [2.75, 3.05) is 5.32 Å². The summed E-state index contributed by atoms with van der Waals surface area (Å²) in [5, 5.41) is 21.8.